The zero-order valence-corrected chi connectivity index (χ0v) is 11.3. The Morgan fingerprint density at radius 2 is 2.06 bits per heavy atom. The molecule has 1 aromatic carbocycles. The van der Waals surface area contributed by atoms with Crippen molar-refractivity contribution in [3.8, 4) is 0 Å². The van der Waals surface area contributed by atoms with Crippen molar-refractivity contribution in [1.29, 1.82) is 0 Å². The Hall–Kier alpha value is -0.830. The van der Waals surface area contributed by atoms with Crippen LogP contribution in [0.15, 0.2) is 36.4 Å². The van der Waals surface area contributed by atoms with E-state index in [9.17, 15) is 5.11 Å². The third-order valence-electron chi connectivity index (χ3n) is 2.62. The second kappa shape index (κ2) is 5.67. The Bertz CT molecular complexity index is 492. The van der Waals surface area contributed by atoms with Crippen molar-refractivity contribution in [2.45, 2.75) is 25.9 Å². The number of aliphatic hydroxyl groups is 1. The van der Waals surface area contributed by atoms with Gasteiger partial charge in [-0.2, -0.15) is 0 Å². The van der Waals surface area contributed by atoms with Gasteiger partial charge in [0, 0.05) is 11.3 Å². The number of aryl methyl sites for hydroxylation is 1. The number of aliphatic hydroxyl groups excluding tert-OH is 1. The maximum Gasteiger partial charge on any atom is 0.0931 e. The Morgan fingerprint density at radius 3 is 2.71 bits per heavy atom. The van der Waals surface area contributed by atoms with Gasteiger partial charge < -0.3 is 5.11 Å². The third-order valence-corrected chi connectivity index (χ3v) is 3.87. The molecule has 0 saturated heterocycles. The van der Waals surface area contributed by atoms with Crippen LogP contribution in [0.25, 0.3) is 0 Å². The molecule has 1 heterocycles. The van der Waals surface area contributed by atoms with E-state index in [1.165, 1.54) is 22.5 Å². The molecule has 0 aliphatic carbocycles. The van der Waals surface area contributed by atoms with Gasteiger partial charge in [-0.1, -0.05) is 41.4 Å². The van der Waals surface area contributed by atoms with Crippen LogP contribution in [0.5, 0.6) is 0 Å². The molecule has 1 unspecified atom stereocenters. The fourth-order valence-electron chi connectivity index (χ4n) is 1.88. The minimum absolute atomic E-state index is 0.341. The highest BCUT2D eigenvalue weighted by molar-refractivity contribution is 7.16. The minimum atomic E-state index is -0.341. The second-order valence-corrected chi connectivity index (χ2v) is 6.06. The van der Waals surface area contributed by atoms with Crippen LogP contribution in [0, 0.1) is 6.92 Å². The smallest absolute Gasteiger partial charge is 0.0931 e. The summed E-state index contributed by atoms with van der Waals surface area (Å²) in [6, 6.07) is 12.1. The summed E-state index contributed by atoms with van der Waals surface area (Å²) in [7, 11) is 0. The molecule has 17 heavy (non-hydrogen) atoms. The Balaban J connectivity index is 1.95. The highest BCUT2D eigenvalue weighted by atomic mass is 35.5. The van der Waals surface area contributed by atoms with Crippen LogP contribution in [0.4, 0.5) is 0 Å². The quantitative estimate of drug-likeness (QED) is 0.891. The van der Waals surface area contributed by atoms with Crippen molar-refractivity contribution < 1.29 is 5.11 Å². The third kappa shape index (κ3) is 3.84. The lowest BCUT2D eigenvalue weighted by Crippen LogP contribution is -2.13. The summed E-state index contributed by atoms with van der Waals surface area (Å²) in [5, 5.41) is 10.0. The van der Waals surface area contributed by atoms with E-state index in [0.717, 1.165) is 9.21 Å². The topological polar surface area (TPSA) is 20.2 Å². The number of benzene rings is 1. The molecule has 0 amide bonds. The largest absolute Gasteiger partial charge is 0.392 e. The normalized spacial score (nSPS) is 12.6. The molecule has 1 nitrogen and oxygen atoms in total. The molecular formula is C14H15ClOS. The second-order valence-electron chi connectivity index (χ2n) is 4.26. The first-order chi connectivity index (χ1) is 8.13. The highest BCUT2D eigenvalue weighted by Gasteiger charge is 2.08. The predicted molar refractivity (Wildman–Crippen MR) is 73.9 cm³/mol. The fourth-order valence-corrected chi connectivity index (χ4v) is 3.04. The van der Waals surface area contributed by atoms with E-state index in [4.69, 9.17) is 11.6 Å². The van der Waals surface area contributed by atoms with E-state index in [0.29, 0.717) is 12.8 Å². The van der Waals surface area contributed by atoms with Gasteiger partial charge in [0.1, 0.15) is 0 Å². The first-order valence-electron chi connectivity index (χ1n) is 5.61. The van der Waals surface area contributed by atoms with Crippen molar-refractivity contribution in [2.75, 3.05) is 0 Å². The van der Waals surface area contributed by atoms with Gasteiger partial charge in [-0.25, -0.2) is 0 Å². The summed E-state index contributed by atoms with van der Waals surface area (Å²) in [5.74, 6) is 0. The standard InChI is InChI=1S/C14H15ClOS/c1-10-3-2-4-11(7-10)8-12(16)9-13-5-6-14(15)17-13/h2-7,12,16H,8-9H2,1H3. The molecule has 1 N–H and O–H groups in total. The lowest BCUT2D eigenvalue weighted by atomic mass is 10.0. The molecule has 1 atom stereocenters. The fraction of sp³-hybridized carbons (Fsp3) is 0.286. The van der Waals surface area contributed by atoms with Crippen LogP contribution < -0.4 is 0 Å². The minimum Gasteiger partial charge on any atom is -0.392 e. The van der Waals surface area contributed by atoms with Gasteiger partial charge in [0.2, 0.25) is 0 Å². The molecular weight excluding hydrogens is 252 g/mol. The summed E-state index contributed by atoms with van der Waals surface area (Å²) in [6.07, 6.45) is 1.02. The van der Waals surface area contributed by atoms with Crippen LogP contribution in [-0.4, -0.2) is 11.2 Å². The summed E-state index contributed by atoms with van der Waals surface area (Å²) in [6.45, 7) is 2.06. The summed E-state index contributed by atoms with van der Waals surface area (Å²) in [5.41, 5.74) is 2.41. The van der Waals surface area contributed by atoms with Crippen LogP contribution in [-0.2, 0) is 12.8 Å². The van der Waals surface area contributed by atoms with Crippen LogP contribution >= 0.6 is 22.9 Å². The summed E-state index contributed by atoms with van der Waals surface area (Å²) < 4.78 is 0.780. The SMILES string of the molecule is Cc1cccc(CC(O)Cc2ccc(Cl)s2)c1. The number of hydrogen-bond acceptors (Lipinski definition) is 2. The van der Waals surface area contributed by atoms with E-state index in [1.54, 1.807) is 0 Å². The molecule has 0 aliphatic rings. The van der Waals surface area contributed by atoms with Gasteiger partial charge >= 0.3 is 0 Å². The van der Waals surface area contributed by atoms with Crippen molar-refractivity contribution >= 4 is 22.9 Å². The lowest BCUT2D eigenvalue weighted by Gasteiger charge is -2.09. The van der Waals surface area contributed by atoms with Gasteiger partial charge in [0.15, 0.2) is 0 Å². The molecule has 0 fully saturated rings. The average molecular weight is 267 g/mol. The molecule has 2 aromatic rings. The Morgan fingerprint density at radius 1 is 1.24 bits per heavy atom. The zero-order chi connectivity index (χ0) is 12.3. The van der Waals surface area contributed by atoms with Crippen molar-refractivity contribution in [2.24, 2.45) is 0 Å². The average Bonchev–Trinajstić information content (AvgIpc) is 2.63. The zero-order valence-electron chi connectivity index (χ0n) is 9.69. The van der Waals surface area contributed by atoms with Gasteiger partial charge in [-0.05, 0) is 31.0 Å². The first kappa shape index (κ1) is 12.6. The van der Waals surface area contributed by atoms with Crippen LogP contribution in [0.3, 0.4) is 0 Å². The highest BCUT2D eigenvalue weighted by Crippen LogP contribution is 2.23. The Kier molecular flexibility index (Phi) is 4.21. The number of halogens is 1. The van der Waals surface area contributed by atoms with E-state index in [2.05, 4.69) is 25.1 Å². The molecule has 0 saturated carbocycles. The van der Waals surface area contributed by atoms with Gasteiger partial charge in [0.25, 0.3) is 0 Å². The van der Waals surface area contributed by atoms with Crippen LogP contribution in [0.2, 0.25) is 4.34 Å². The molecule has 3 heteroatoms. The molecule has 90 valence electrons. The molecule has 0 aliphatic heterocycles. The van der Waals surface area contributed by atoms with E-state index < -0.39 is 0 Å². The van der Waals surface area contributed by atoms with E-state index in [-0.39, 0.29) is 6.10 Å². The van der Waals surface area contributed by atoms with Crippen molar-refractivity contribution in [3.63, 3.8) is 0 Å². The van der Waals surface area contributed by atoms with E-state index in [1.807, 2.05) is 18.2 Å². The lowest BCUT2D eigenvalue weighted by molar-refractivity contribution is 0.176. The van der Waals surface area contributed by atoms with Gasteiger partial charge in [0.05, 0.1) is 10.4 Å². The summed E-state index contributed by atoms with van der Waals surface area (Å²) in [4.78, 5) is 1.13. The monoisotopic (exact) mass is 266 g/mol. The number of hydrogen-bond donors (Lipinski definition) is 1. The van der Waals surface area contributed by atoms with E-state index >= 15 is 0 Å². The van der Waals surface area contributed by atoms with Gasteiger partial charge in [-0.3, -0.25) is 0 Å². The maximum atomic E-state index is 10.0. The number of rotatable bonds is 4. The molecule has 0 radical (unpaired) electrons. The van der Waals surface area contributed by atoms with Crippen LogP contribution in [0.1, 0.15) is 16.0 Å². The maximum absolute atomic E-state index is 10.0. The number of thiophene rings is 1. The van der Waals surface area contributed by atoms with Crippen molar-refractivity contribution in [1.82, 2.24) is 0 Å². The molecule has 0 bridgehead atoms. The summed E-state index contributed by atoms with van der Waals surface area (Å²) >= 11 is 7.40. The molecule has 0 spiro atoms. The van der Waals surface area contributed by atoms with Crippen molar-refractivity contribution in [3.05, 3.63) is 56.7 Å². The molecule has 2 rings (SSSR count). The van der Waals surface area contributed by atoms with Gasteiger partial charge in [-0.15, -0.1) is 11.3 Å². The first-order valence-corrected chi connectivity index (χ1v) is 6.81. The Labute approximate surface area is 111 Å². The predicted octanol–water partition coefficient (Wildman–Crippen LogP) is 3.86. The molecule has 1 aromatic heterocycles.